The molecule has 0 fully saturated rings. The van der Waals surface area contributed by atoms with Crippen LogP contribution in [-0.2, 0) is 9.47 Å². The lowest BCUT2D eigenvalue weighted by Crippen LogP contribution is -2.12. The number of ether oxygens (including phenoxy) is 2. The van der Waals surface area contributed by atoms with E-state index in [4.69, 9.17) is 15.7 Å². The number of anilines is 2. The highest BCUT2D eigenvalue weighted by atomic mass is 32.1. The Kier molecular flexibility index (Phi) is 5.42. The summed E-state index contributed by atoms with van der Waals surface area (Å²) in [6.45, 7) is 3.57. The molecule has 1 aromatic rings. The summed E-state index contributed by atoms with van der Waals surface area (Å²) in [5.74, 6) is -0.552. The largest absolute Gasteiger partial charge is 0.465 e. The van der Waals surface area contributed by atoms with Crippen LogP contribution in [0.2, 0.25) is 0 Å². The van der Waals surface area contributed by atoms with Crippen molar-refractivity contribution in [2.24, 2.45) is 0 Å². The molecule has 18 heavy (non-hydrogen) atoms. The molecule has 0 unspecified atom stereocenters. The number of nitriles is 1. The van der Waals surface area contributed by atoms with Crippen molar-refractivity contribution in [3.63, 3.8) is 0 Å². The number of nitrogen functional groups attached to an aromatic ring is 1. The second-order valence-corrected chi connectivity index (χ2v) is 4.30. The van der Waals surface area contributed by atoms with E-state index in [2.05, 4.69) is 10.1 Å². The van der Waals surface area contributed by atoms with E-state index in [0.717, 1.165) is 11.3 Å². The van der Waals surface area contributed by atoms with E-state index in [1.807, 2.05) is 13.0 Å². The molecule has 7 heteroatoms. The number of esters is 1. The lowest BCUT2D eigenvalue weighted by Gasteiger charge is -2.06. The van der Waals surface area contributed by atoms with Crippen molar-refractivity contribution in [2.45, 2.75) is 6.92 Å². The Morgan fingerprint density at radius 2 is 2.33 bits per heavy atom. The molecule has 1 rings (SSSR count). The minimum Gasteiger partial charge on any atom is -0.465 e. The van der Waals surface area contributed by atoms with Gasteiger partial charge in [0.2, 0.25) is 0 Å². The Morgan fingerprint density at radius 1 is 1.61 bits per heavy atom. The molecule has 0 saturated carbocycles. The Labute approximate surface area is 109 Å². The first kappa shape index (κ1) is 14.3. The molecule has 0 atom stereocenters. The minimum absolute atomic E-state index is 0.160. The maximum Gasteiger partial charge on any atom is 0.343 e. The summed E-state index contributed by atoms with van der Waals surface area (Å²) in [6.07, 6.45) is 0. The van der Waals surface area contributed by atoms with E-state index in [1.165, 1.54) is 7.11 Å². The smallest absolute Gasteiger partial charge is 0.343 e. The van der Waals surface area contributed by atoms with E-state index in [0.29, 0.717) is 29.6 Å². The molecule has 1 aromatic heterocycles. The monoisotopic (exact) mass is 269 g/mol. The van der Waals surface area contributed by atoms with Crippen LogP contribution in [0.3, 0.4) is 0 Å². The van der Waals surface area contributed by atoms with Crippen molar-refractivity contribution in [1.82, 2.24) is 0 Å². The fraction of sp³-hybridized carbons (Fsp3) is 0.455. The number of nitrogens with zero attached hydrogens (tertiary/aromatic N) is 1. The van der Waals surface area contributed by atoms with Crippen LogP contribution in [0.4, 0.5) is 10.7 Å². The summed E-state index contributed by atoms with van der Waals surface area (Å²) in [4.78, 5) is 11.9. The standard InChI is InChI=1S/C11H15N3O3S/c1-3-17-5-4-14-10-8(11(15)16-2)9(13)7(6-12)18-10/h14H,3-5,13H2,1-2H3. The van der Waals surface area contributed by atoms with Gasteiger partial charge in [0.15, 0.2) is 0 Å². The Balaban J connectivity index is 2.89. The molecule has 0 spiro atoms. The van der Waals surface area contributed by atoms with Gasteiger partial charge in [-0.15, -0.1) is 11.3 Å². The van der Waals surface area contributed by atoms with Crippen molar-refractivity contribution in [2.75, 3.05) is 37.9 Å². The predicted octanol–water partition coefficient (Wildman–Crippen LogP) is 1.44. The highest BCUT2D eigenvalue weighted by Crippen LogP contribution is 2.35. The molecule has 0 bridgehead atoms. The summed E-state index contributed by atoms with van der Waals surface area (Å²) < 4.78 is 9.83. The SMILES string of the molecule is CCOCCNc1sc(C#N)c(N)c1C(=O)OC. The van der Waals surface area contributed by atoms with E-state index >= 15 is 0 Å². The average molecular weight is 269 g/mol. The molecule has 6 nitrogen and oxygen atoms in total. The topological polar surface area (TPSA) is 97.4 Å². The van der Waals surface area contributed by atoms with Gasteiger partial charge in [0.1, 0.15) is 21.5 Å². The van der Waals surface area contributed by atoms with Gasteiger partial charge in [-0.1, -0.05) is 0 Å². The third-order valence-electron chi connectivity index (χ3n) is 2.17. The molecule has 1 heterocycles. The van der Waals surface area contributed by atoms with Crippen molar-refractivity contribution < 1.29 is 14.3 Å². The molecule has 0 aliphatic carbocycles. The summed E-state index contributed by atoms with van der Waals surface area (Å²) in [7, 11) is 1.27. The number of nitrogens with one attached hydrogen (secondary N) is 1. The zero-order chi connectivity index (χ0) is 13.5. The Morgan fingerprint density at radius 3 is 2.89 bits per heavy atom. The number of carbonyl (C=O) groups excluding carboxylic acids is 1. The molecule has 0 radical (unpaired) electrons. The molecular weight excluding hydrogens is 254 g/mol. The molecule has 0 aromatic carbocycles. The summed E-state index contributed by atoms with van der Waals surface area (Å²) in [6, 6.07) is 1.95. The van der Waals surface area contributed by atoms with Crippen molar-refractivity contribution in [3.8, 4) is 6.07 Å². The van der Waals surface area contributed by atoms with E-state index < -0.39 is 5.97 Å². The highest BCUT2D eigenvalue weighted by molar-refractivity contribution is 7.17. The predicted molar refractivity (Wildman–Crippen MR) is 69.8 cm³/mol. The minimum atomic E-state index is -0.552. The lowest BCUT2D eigenvalue weighted by molar-refractivity contribution is 0.0603. The van der Waals surface area contributed by atoms with Gasteiger partial charge >= 0.3 is 5.97 Å². The molecule has 3 N–H and O–H groups in total. The van der Waals surface area contributed by atoms with Gasteiger partial charge in [-0.25, -0.2) is 4.79 Å². The summed E-state index contributed by atoms with van der Waals surface area (Å²) >= 11 is 1.13. The Bertz CT molecular complexity index is 465. The summed E-state index contributed by atoms with van der Waals surface area (Å²) in [5.41, 5.74) is 6.12. The van der Waals surface area contributed by atoms with Crippen molar-refractivity contribution in [3.05, 3.63) is 10.4 Å². The highest BCUT2D eigenvalue weighted by Gasteiger charge is 2.22. The number of thiophene rings is 1. The first-order chi connectivity index (χ1) is 8.65. The fourth-order valence-corrected chi connectivity index (χ4v) is 2.27. The number of carbonyl (C=O) groups is 1. The first-order valence-corrected chi connectivity index (χ1v) is 6.19. The number of hydrogen-bond acceptors (Lipinski definition) is 7. The van der Waals surface area contributed by atoms with Crippen LogP contribution in [0, 0.1) is 11.3 Å². The zero-order valence-electron chi connectivity index (χ0n) is 10.3. The molecular formula is C11H15N3O3S. The lowest BCUT2D eigenvalue weighted by atomic mass is 10.2. The van der Waals surface area contributed by atoms with Crippen LogP contribution in [0.25, 0.3) is 0 Å². The number of hydrogen-bond donors (Lipinski definition) is 2. The van der Waals surface area contributed by atoms with E-state index in [-0.39, 0.29) is 11.3 Å². The maximum absolute atomic E-state index is 11.6. The molecule has 0 amide bonds. The third kappa shape index (κ3) is 3.12. The van der Waals surface area contributed by atoms with Gasteiger partial charge in [-0.3, -0.25) is 0 Å². The second kappa shape index (κ2) is 6.83. The summed E-state index contributed by atoms with van der Waals surface area (Å²) in [5, 5.41) is 12.5. The van der Waals surface area contributed by atoms with Gasteiger partial charge < -0.3 is 20.5 Å². The quantitative estimate of drug-likeness (QED) is 0.599. The van der Waals surface area contributed by atoms with Gasteiger partial charge in [0.25, 0.3) is 0 Å². The molecule has 0 saturated heterocycles. The van der Waals surface area contributed by atoms with Gasteiger partial charge in [0, 0.05) is 13.2 Å². The van der Waals surface area contributed by atoms with Crippen molar-refractivity contribution >= 4 is 28.0 Å². The van der Waals surface area contributed by atoms with Gasteiger partial charge in [-0.2, -0.15) is 5.26 Å². The zero-order valence-corrected chi connectivity index (χ0v) is 11.1. The molecule has 98 valence electrons. The Hall–Kier alpha value is -1.78. The second-order valence-electron chi connectivity index (χ2n) is 3.28. The van der Waals surface area contributed by atoms with Crippen molar-refractivity contribution in [1.29, 1.82) is 5.26 Å². The number of methoxy groups -OCH3 is 1. The normalized spacial score (nSPS) is 9.83. The van der Waals surface area contributed by atoms with E-state index in [1.54, 1.807) is 0 Å². The molecule has 0 aliphatic heterocycles. The van der Waals surface area contributed by atoms with Crippen LogP contribution in [0.5, 0.6) is 0 Å². The molecule has 0 aliphatic rings. The van der Waals surface area contributed by atoms with Gasteiger partial charge in [0.05, 0.1) is 19.4 Å². The fourth-order valence-electron chi connectivity index (χ4n) is 1.34. The average Bonchev–Trinajstić information content (AvgIpc) is 2.70. The van der Waals surface area contributed by atoms with Crippen LogP contribution in [0.1, 0.15) is 22.2 Å². The first-order valence-electron chi connectivity index (χ1n) is 5.38. The number of nitrogens with two attached hydrogens (primary N) is 1. The van der Waals surface area contributed by atoms with E-state index in [9.17, 15) is 4.79 Å². The van der Waals surface area contributed by atoms with Crippen LogP contribution < -0.4 is 11.1 Å². The maximum atomic E-state index is 11.6. The van der Waals surface area contributed by atoms with Gasteiger partial charge in [-0.05, 0) is 6.92 Å². The van der Waals surface area contributed by atoms with Crippen LogP contribution in [0.15, 0.2) is 0 Å². The third-order valence-corrected chi connectivity index (χ3v) is 3.24. The van der Waals surface area contributed by atoms with Crippen LogP contribution >= 0.6 is 11.3 Å². The van der Waals surface area contributed by atoms with Crippen LogP contribution in [-0.4, -0.2) is 32.8 Å². The number of rotatable bonds is 6.